The van der Waals surface area contributed by atoms with E-state index in [1.807, 2.05) is 0 Å². The van der Waals surface area contributed by atoms with Gasteiger partial charge in [0.2, 0.25) is 0 Å². The number of aromatic nitrogens is 2. The van der Waals surface area contributed by atoms with Gasteiger partial charge in [-0.15, -0.1) is 0 Å². The summed E-state index contributed by atoms with van der Waals surface area (Å²) in [7, 11) is -3.17. The Hall–Kier alpha value is -1.95. The molecule has 0 saturated heterocycles. The summed E-state index contributed by atoms with van der Waals surface area (Å²) in [6.07, 6.45) is 2.74. The number of hydrogen-bond donors (Lipinski definition) is 1. The minimum absolute atomic E-state index is 0.284. The predicted molar refractivity (Wildman–Crippen MR) is 69.7 cm³/mol. The molecule has 2 rings (SSSR count). The fourth-order valence-electron chi connectivity index (χ4n) is 1.50. The minimum atomic E-state index is -3.17. The molecule has 0 aliphatic rings. The normalized spacial score (nSPS) is 11.4. The van der Waals surface area contributed by atoms with Crippen LogP contribution < -0.4 is 5.73 Å². The van der Waals surface area contributed by atoms with Gasteiger partial charge in [-0.05, 0) is 19.1 Å². The third kappa shape index (κ3) is 2.48. The molecule has 0 aliphatic heterocycles. The molecule has 2 N–H and O–H groups in total. The molecule has 0 aliphatic carbocycles. The molecular formula is C12H13N3O2S. The van der Waals surface area contributed by atoms with Gasteiger partial charge in [-0.25, -0.2) is 18.4 Å². The van der Waals surface area contributed by atoms with Gasteiger partial charge in [-0.2, -0.15) is 0 Å². The van der Waals surface area contributed by atoms with Gasteiger partial charge in [0.25, 0.3) is 0 Å². The number of anilines is 1. The number of nitrogen functional groups attached to an aromatic ring is 1. The summed E-state index contributed by atoms with van der Waals surface area (Å²) in [4.78, 5) is 8.60. The van der Waals surface area contributed by atoms with E-state index in [0.29, 0.717) is 17.2 Å². The lowest BCUT2D eigenvalue weighted by Crippen LogP contribution is -1.99. The Morgan fingerprint density at radius 1 is 1.17 bits per heavy atom. The van der Waals surface area contributed by atoms with Gasteiger partial charge in [0.15, 0.2) is 9.84 Å². The second kappa shape index (κ2) is 4.38. The number of sulfone groups is 1. The molecule has 2 aromatic rings. The smallest absolute Gasteiger partial charge is 0.175 e. The molecule has 1 heterocycles. The standard InChI is InChI=1S/C12H13N3O2S/c1-8-12(13)14-7-11(15-8)9-3-5-10(6-4-9)18(2,16)17/h3-7H,1-2H3,(H2,13,14). The number of benzene rings is 1. The van der Waals surface area contributed by atoms with Gasteiger partial charge in [0.05, 0.1) is 22.5 Å². The van der Waals surface area contributed by atoms with Crippen LogP contribution in [0.2, 0.25) is 0 Å². The Morgan fingerprint density at radius 2 is 1.78 bits per heavy atom. The molecule has 0 amide bonds. The van der Waals surface area contributed by atoms with Gasteiger partial charge < -0.3 is 5.73 Å². The van der Waals surface area contributed by atoms with Crippen LogP contribution in [0.5, 0.6) is 0 Å². The van der Waals surface area contributed by atoms with Crippen LogP contribution in [-0.4, -0.2) is 24.6 Å². The second-order valence-corrected chi connectivity index (χ2v) is 6.04. The summed E-state index contributed by atoms with van der Waals surface area (Å²) >= 11 is 0. The zero-order chi connectivity index (χ0) is 13.3. The lowest BCUT2D eigenvalue weighted by atomic mass is 10.1. The Labute approximate surface area is 106 Å². The van der Waals surface area contributed by atoms with Crippen LogP contribution in [0.1, 0.15) is 5.69 Å². The van der Waals surface area contributed by atoms with Gasteiger partial charge >= 0.3 is 0 Å². The molecule has 0 saturated carbocycles. The molecule has 0 spiro atoms. The van der Waals surface area contributed by atoms with E-state index < -0.39 is 9.84 Å². The first-order valence-electron chi connectivity index (χ1n) is 5.27. The first-order chi connectivity index (χ1) is 8.38. The van der Waals surface area contributed by atoms with E-state index in [4.69, 9.17) is 5.73 Å². The molecular weight excluding hydrogens is 250 g/mol. The van der Waals surface area contributed by atoms with Gasteiger partial charge in [-0.1, -0.05) is 12.1 Å². The number of nitrogens with zero attached hydrogens (tertiary/aromatic N) is 2. The van der Waals surface area contributed by atoms with E-state index >= 15 is 0 Å². The molecule has 18 heavy (non-hydrogen) atoms. The average molecular weight is 263 g/mol. The molecule has 0 bridgehead atoms. The first-order valence-corrected chi connectivity index (χ1v) is 7.16. The average Bonchev–Trinajstić information content (AvgIpc) is 2.32. The van der Waals surface area contributed by atoms with Crippen molar-refractivity contribution < 1.29 is 8.42 Å². The van der Waals surface area contributed by atoms with Crippen molar-refractivity contribution in [2.75, 3.05) is 12.0 Å². The molecule has 0 atom stereocenters. The maximum atomic E-state index is 11.3. The highest BCUT2D eigenvalue weighted by Crippen LogP contribution is 2.20. The van der Waals surface area contributed by atoms with Crippen molar-refractivity contribution >= 4 is 15.7 Å². The van der Waals surface area contributed by atoms with Crippen LogP contribution in [0.3, 0.4) is 0 Å². The number of hydrogen-bond acceptors (Lipinski definition) is 5. The van der Waals surface area contributed by atoms with Crippen molar-refractivity contribution in [3.05, 3.63) is 36.2 Å². The monoisotopic (exact) mass is 263 g/mol. The van der Waals surface area contributed by atoms with Crippen LogP contribution in [0, 0.1) is 6.92 Å². The molecule has 0 unspecified atom stereocenters. The molecule has 0 radical (unpaired) electrons. The van der Waals surface area contributed by atoms with Crippen molar-refractivity contribution in [3.8, 4) is 11.3 Å². The summed E-state index contributed by atoms with van der Waals surface area (Å²) in [6.45, 7) is 1.77. The Bertz CT molecular complexity index is 679. The van der Waals surface area contributed by atoms with E-state index in [1.54, 1.807) is 37.4 Å². The summed E-state index contributed by atoms with van der Waals surface area (Å²) in [5, 5.41) is 0. The Morgan fingerprint density at radius 3 is 2.28 bits per heavy atom. The fourth-order valence-corrected chi connectivity index (χ4v) is 2.13. The van der Waals surface area contributed by atoms with Crippen LogP contribution in [-0.2, 0) is 9.84 Å². The van der Waals surface area contributed by atoms with E-state index in [0.717, 1.165) is 5.56 Å². The molecule has 1 aromatic heterocycles. The minimum Gasteiger partial charge on any atom is -0.382 e. The van der Waals surface area contributed by atoms with Crippen molar-refractivity contribution in [1.82, 2.24) is 9.97 Å². The van der Waals surface area contributed by atoms with Crippen LogP contribution >= 0.6 is 0 Å². The Balaban J connectivity index is 2.43. The van der Waals surface area contributed by atoms with E-state index in [2.05, 4.69) is 9.97 Å². The molecule has 94 valence electrons. The third-order valence-corrected chi connectivity index (χ3v) is 3.69. The molecule has 0 fully saturated rings. The lowest BCUT2D eigenvalue weighted by molar-refractivity contribution is 0.602. The molecule has 1 aromatic carbocycles. The summed E-state index contributed by atoms with van der Waals surface area (Å²) in [5.41, 5.74) is 7.72. The summed E-state index contributed by atoms with van der Waals surface area (Å²) < 4.78 is 22.7. The van der Waals surface area contributed by atoms with Crippen molar-refractivity contribution in [2.45, 2.75) is 11.8 Å². The third-order valence-electron chi connectivity index (χ3n) is 2.56. The lowest BCUT2D eigenvalue weighted by Gasteiger charge is -2.04. The highest BCUT2D eigenvalue weighted by molar-refractivity contribution is 7.90. The van der Waals surface area contributed by atoms with Gasteiger partial charge in [0, 0.05) is 11.8 Å². The number of rotatable bonds is 2. The highest BCUT2D eigenvalue weighted by atomic mass is 32.2. The maximum Gasteiger partial charge on any atom is 0.175 e. The van der Waals surface area contributed by atoms with Crippen LogP contribution in [0.15, 0.2) is 35.4 Å². The summed E-state index contributed by atoms with van der Waals surface area (Å²) in [5.74, 6) is 0.395. The SMILES string of the molecule is Cc1nc(-c2ccc(S(C)(=O)=O)cc2)cnc1N. The van der Waals surface area contributed by atoms with Gasteiger partial charge in [-0.3, -0.25) is 0 Å². The zero-order valence-corrected chi connectivity index (χ0v) is 10.9. The maximum absolute atomic E-state index is 11.3. The van der Waals surface area contributed by atoms with Crippen LogP contribution in [0.25, 0.3) is 11.3 Å². The van der Waals surface area contributed by atoms with E-state index in [1.165, 1.54) is 6.26 Å². The van der Waals surface area contributed by atoms with Gasteiger partial charge in [0.1, 0.15) is 5.82 Å². The largest absolute Gasteiger partial charge is 0.382 e. The first kappa shape index (κ1) is 12.5. The van der Waals surface area contributed by atoms with Crippen molar-refractivity contribution in [3.63, 3.8) is 0 Å². The van der Waals surface area contributed by atoms with E-state index in [-0.39, 0.29) is 4.90 Å². The summed E-state index contributed by atoms with van der Waals surface area (Å²) in [6, 6.07) is 6.52. The fraction of sp³-hybridized carbons (Fsp3) is 0.167. The number of aryl methyl sites for hydroxylation is 1. The molecule has 6 heteroatoms. The predicted octanol–water partition coefficient (Wildman–Crippen LogP) is 1.44. The zero-order valence-electron chi connectivity index (χ0n) is 10.1. The Kier molecular flexibility index (Phi) is 3.04. The highest BCUT2D eigenvalue weighted by Gasteiger charge is 2.08. The van der Waals surface area contributed by atoms with E-state index in [9.17, 15) is 8.42 Å². The van der Waals surface area contributed by atoms with Crippen LogP contribution in [0.4, 0.5) is 5.82 Å². The second-order valence-electron chi connectivity index (χ2n) is 4.02. The number of nitrogens with two attached hydrogens (primary N) is 1. The van der Waals surface area contributed by atoms with Crippen molar-refractivity contribution in [2.24, 2.45) is 0 Å². The molecule has 5 nitrogen and oxygen atoms in total. The topological polar surface area (TPSA) is 85.9 Å². The quantitative estimate of drug-likeness (QED) is 0.886. The van der Waals surface area contributed by atoms with Crippen molar-refractivity contribution in [1.29, 1.82) is 0 Å².